The molecule has 0 bridgehead atoms. The third-order valence-corrected chi connectivity index (χ3v) is 4.57. The molecule has 1 aliphatic rings. The van der Waals surface area contributed by atoms with Gasteiger partial charge in [-0.2, -0.15) is 0 Å². The predicted octanol–water partition coefficient (Wildman–Crippen LogP) is 3.27. The minimum absolute atomic E-state index is 0.0595. The van der Waals surface area contributed by atoms with Crippen LogP contribution in [-0.2, 0) is 9.59 Å². The molecule has 2 amide bonds. The lowest BCUT2D eigenvalue weighted by atomic mass is 10.1. The van der Waals surface area contributed by atoms with E-state index in [9.17, 15) is 14.4 Å². The molecular formula is C20H15ClN2O5S. The second-order valence-electron chi connectivity index (χ2n) is 5.93. The van der Waals surface area contributed by atoms with Crippen molar-refractivity contribution >= 4 is 58.5 Å². The summed E-state index contributed by atoms with van der Waals surface area (Å²) in [6.45, 7) is 2.20. The van der Waals surface area contributed by atoms with Crippen LogP contribution in [0.1, 0.15) is 22.8 Å². The van der Waals surface area contributed by atoms with Crippen LogP contribution < -0.4 is 15.0 Å². The SMILES string of the molecule is CCOc1ccc(Cl)cc1/C=C1/C(=O)NC(=S)N(c2ccc(C(=O)O)cc2)C1=O. The van der Waals surface area contributed by atoms with Crippen molar-refractivity contribution in [2.45, 2.75) is 6.92 Å². The summed E-state index contributed by atoms with van der Waals surface area (Å²) in [5.74, 6) is -1.93. The summed E-state index contributed by atoms with van der Waals surface area (Å²) in [5, 5.41) is 11.8. The van der Waals surface area contributed by atoms with Crippen molar-refractivity contribution in [2.75, 3.05) is 11.5 Å². The van der Waals surface area contributed by atoms with Gasteiger partial charge in [0.15, 0.2) is 5.11 Å². The average Bonchev–Trinajstić information content (AvgIpc) is 2.67. The van der Waals surface area contributed by atoms with Crippen molar-refractivity contribution in [1.29, 1.82) is 0 Å². The maximum absolute atomic E-state index is 13.0. The van der Waals surface area contributed by atoms with Crippen LogP contribution in [0.25, 0.3) is 6.08 Å². The van der Waals surface area contributed by atoms with E-state index in [-0.39, 0.29) is 16.2 Å². The number of hydrogen-bond acceptors (Lipinski definition) is 5. The van der Waals surface area contributed by atoms with E-state index in [4.69, 9.17) is 33.7 Å². The summed E-state index contributed by atoms with van der Waals surface area (Å²) >= 11 is 11.2. The molecule has 0 saturated carbocycles. The second-order valence-corrected chi connectivity index (χ2v) is 6.75. The smallest absolute Gasteiger partial charge is 0.335 e. The summed E-state index contributed by atoms with van der Waals surface area (Å²) < 4.78 is 5.53. The van der Waals surface area contributed by atoms with Gasteiger partial charge < -0.3 is 9.84 Å². The molecule has 0 aromatic heterocycles. The van der Waals surface area contributed by atoms with Gasteiger partial charge in [-0.3, -0.25) is 19.8 Å². The molecule has 2 aromatic rings. The number of benzene rings is 2. The van der Waals surface area contributed by atoms with Gasteiger partial charge in [0.2, 0.25) is 0 Å². The number of rotatable bonds is 5. The molecule has 9 heteroatoms. The van der Waals surface area contributed by atoms with Gasteiger partial charge in [0, 0.05) is 10.6 Å². The number of amides is 2. The Kier molecular flexibility index (Phi) is 5.95. The Morgan fingerprint density at radius 1 is 1.24 bits per heavy atom. The van der Waals surface area contributed by atoms with Crippen molar-refractivity contribution in [1.82, 2.24) is 5.32 Å². The van der Waals surface area contributed by atoms with Gasteiger partial charge in [-0.05, 0) is 67.7 Å². The standard InChI is InChI=1S/C20H15ClN2O5S/c1-2-28-16-8-5-13(21)9-12(16)10-15-17(24)22-20(29)23(18(15)25)14-6-3-11(4-7-14)19(26)27/h3-10H,2H2,1H3,(H,26,27)(H,22,24,29)/b15-10-. The summed E-state index contributed by atoms with van der Waals surface area (Å²) in [6.07, 6.45) is 1.38. The maximum Gasteiger partial charge on any atom is 0.335 e. The zero-order valence-electron chi connectivity index (χ0n) is 15.1. The van der Waals surface area contributed by atoms with Crippen LogP contribution in [0.4, 0.5) is 5.69 Å². The van der Waals surface area contributed by atoms with Gasteiger partial charge in [-0.15, -0.1) is 0 Å². The molecule has 29 heavy (non-hydrogen) atoms. The number of carboxylic acids is 1. The lowest BCUT2D eigenvalue weighted by molar-refractivity contribution is -0.122. The molecule has 0 aliphatic carbocycles. The number of carbonyl (C=O) groups excluding carboxylic acids is 2. The number of aromatic carboxylic acids is 1. The minimum atomic E-state index is -1.10. The number of ether oxygens (including phenoxy) is 1. The number of nitrogens with one attached hydrogen (secondary N) is 1. The average molecular weight is 431 g/mol. The summed E-state index contributed by atoms with van der Waals surface area (Å²) in [7, 11) is 0. The van der Waals surface area contributed by atoms with E-state index >= 15 is 0 Å². The monoisotopic (exact) mass is 430 g/mol. The molecule has 1 fully saturated rings. The molecular weight excluding hydrogens is 416 g/mol. The first-order valence-corrected chi connectivity index (χ1v) is 9.27. The molecule has 148 valence electrons. The number of carbonyl (C=O) groups is 3. The van der Waals surface area contributed by atoms with Crippen LogP contribution >= 0.6 is 23.8 Å². The summed E-state index contributed by atoms with van der Waals surface area (Å²) in [5.41, 5.74) is 0.687. The molecule has 0 spiro atoms. The van der Waals surface area contributed by atoms with Gasteiger partial charge in [0.1, 0.15) is 11.3 Å². The zero-order valence-corrected chi connectivity index (χ0v) is 16.7. The molecule has 0 radical (unpaired) electrons. The Balaban J connectivity index is 2.02. The highest BCUT2D eigenvalue weighted by molar-refractivity contribution is 7.80. The second kappa shape index (κ2) is 8.42. The molecule has 0 unspecified atom stereocenters. The Labute approximate surface area is 176 Å². The van der Waals surface area contributed by atoms with Crippen molar-refractivity contribution in [3.63, 3.8) is 0 Å². The third kappa shape index (κ3) is 4.28. The summed E-state index contributed by atoms with van der Waals surface area (Å²) in [6, 6.07) is 10.4. The van der Waals surface area contributed by atoms with Crippen LogP contribution in [0.2, 0.25) is 5.02 Å². The van der Waals surface area contributed by atoms with E-state index in [1.54, 1.807) is 18.2 Å². The Bertz CT molecular complexity index is 1050. The highest BCUT2D eigenvalue weighted by atomic mass is 35.5. The normalized spacial score (nSPS) is 15.4. The lowest BCUT2D eigenvalue weighted by Gasteiger charge is -2.29. The van der Waals surface area contributed by atoms with Crippen LogP contribution in [-0.4, -0.2) is 34.6 Å². The van der Waals surface area contributed by atoms with E-state index in [1.807, 2.05) is 6.92 Å². The number of anilines is 1. The predicted molar refractivity (Wildman–Crippen MR) is 112 cm³/mol. The Morgan fingerprint density at radius 3 is 2.55 bits per heavy atom. The van der Waals surface area contributed by atoms with Gasteiger partial charge in [0.05, 0.1) is 17.9 Å². The van der Waals surface area contributed by atoms with Crippen molar-refractivity contribution in [2.24, 2.45) is 0 Å². The fourth-order valence-electron chi connectivity index (χ4n) is 2.72. The van der Waals surface area contributed by atoms with E-state index in [0.29, 0.717) is 28.6 Å². The van der Waals surface area contributed by atoms with Crippen molar-refractivity contribution in [3.8, 4) is 5.75 Å². The number of hydrogen-bond donors (Lipinski definition) is 2. The molecule has 1 aliphatic heterocycles. The van der Waals surface area contributed by atoms with Crippen LogP contribution in [0.3, 0.4) is 0 Å². The molecule has 1 heterocycles. The van der Waals surface area contributed by atoms with Gasteiger partial charge >= 0.3 is 5.97 Å². The van der Waals surface area contributed by atoms with Gasteiger partial charge in [-0.25, -0.2) is 4.79 Å². The Hall–Kier alpha value is -3.23. The molecule has 3 rings (SSSR count). The maximum atomic E-state index is 13.0. The number of halogens is 1. The molecule has 0 atom stereocenters. The fourth-order valence-corrected chi connectivity index (χ4v) is 3.18. The van der Waals surface area contributed by atoms with Crippen LogP contribution in [0.15, 0.2) is 48.0 Å². The molecule has 2 N–H and O–H groups in total. The third-order valence-electron chi connectivity index (χ3n) is 4.05. The van der Waals surface area contributed by atoms with Crippen LogP contribution in [0, 0.1) is 0 Å². The zero-order chi connectivity index (χ0) is 21.1. The fraction of sp³-hybridized carbons (Fsp3) is 0.100. The van der Waals surface area contributed by atoms with E-state index in [2.05, 4.69) is 5.32 Å². The first-order valence-electron chi connectivity index (χ1n) is 8.49. The number of thiocarbonyl (C=S) groups is 1. The largest absolute Gasteiger partial charge is 0.493 e. The van der Waals surface area contributed by atoms with Crippen molar-refractivity contribution < 1.29 is 24.2 Å². The van der Waals surface area contributed by atoms with Gasteiger partial charge in [0.25, 0.3) is 11.8 Å². The first kappa shape index (κ1) is 20.5. The highest BCUT2D eigenvalue weighted by Crippen LogP contribution is 2.28. The van der Waals surface area contributed by atoms with E-state index < -0.39 is 17.8 Å². The molecule has 7 nitrogen and oxygen atoms in total. The minimum Gasteiger partial charge on any atom is -0.493 e. The van der Waals surface area contributed by atoms with E-state index in [0.717, 1.165) is 4.90 Å². The van der Waals surface area contributed by atoms with Gasteiger partial charge in [-0.1, -0.05) is 11.6 Å². The summed E-state index contributed by atoms with van der Waals surface area (Å²) in [4.78, 5) is 37.6. The number of carboxylic acid groups (broad SMARTS) is 1. The molecule has 1 saturated heterocycles. The first-order chi connectivity index (χ1) is 13.8. The lowest BCUT2D eigenvalue weighted by Crippen LogP contribution is -2.54. The van der Waals surface area contributed by atoms with E-state index in [1.165, 1.54) is 30.3 Å². The van der Waals surface area contributed by atoms with Crippen molar-refractivity contribution in [3.05, 3.63) is 64.2 Å². The Morgan fingerprint density at radius 2 is 1.93 bits per heavy atom. The number of nitrogens with zero attached hydrogens (tertiary/aromatic N) is 1. The molecule has 2 aromatic carbocycles. The quantitative estimate of drug-likeness (QED) is 0.429. The van der Waals surface area contributed by atoms with Crippen LogP contribution in [0.5, 0.6) is 5.75 Å². The highest BCUT2D eigenvalue weighted by Gasteiger charge is 2.34. The topological polar surface area (TPSA) is 95.9 Å².